The van der Waals surface area contributed by atoms with Gasteiger partial charge < -0.3 is 28.4 Å². The Bertz CT molecular complexity index is 816. The quantitative estimate of drug-likeness (QED) is 0.218. The SMILES string of the molecule is CC(=O)OC[C@H]1O[C@H](OC/C=C\COCc2ccccc2)C(OC(C)=O)=C[C@@H]1OC(C)=O. The molecule has 9 nitrogen and oxygen atoms in total. The third-order valence-electron chi connectivity index (χ3n) is 4.08. The first-order valence-electron chi connectivity index (χ1n) is 10.1. The van der Waals surface area contributed by atoms with Gasteiger partial charge in [0.2, 0.25) is 6.29 Å². The Labute approximate surface area is 186 Å². The van der Waals surface area contributed by atoms with E-state index < -0.39 is 36.4 Å². The fourth-order valence-corrected chi connectivity index (χ4v) is 2.75. The van der Waals surface area contributed by atoms with Gasteiger partial charge in [-0.15, -0.1) is 0 Å². The molecule has 0 spiro atoms. The molecule has 2 rings (SSSR count). The first-order valence-corrected chi connectivity index (χ1v) is 10.1. The minimum Gasteiger partial charge on any atom is -0.463 e. The Hall–Kier alpha value is -3.01. The van der Waals surface area contributed by atoms with E-state index in [-0.39, 0.29) is 19.0 Å². The van der Waals surface area contributed by atoms with Crippen molar-refractivity contribution < 1.29 is 42.8 Å². The Kier molecular flexibility index (Phi) is 10.6. The Morgan fingerprint density at radius 1 is 0.969 bits per heavy atom. The number of carbonyl (C=O) groups is 3. The largest absolute Gasteiger partial charge is 0.463 e. The van der Waals surface area contributed by atoms with Crippen molar-refractivity contribution in [3.05, 3.63) is 59.9 Å². The first kappa shape index (κ1) is 25.3. The summed E-state index contributed by atoms with van der Waals surface area (Å²) in [6.07, 6.45) is 2.14. The van der Waals surface area contributed by atoms with Gasteiger partial charge in [-0.3, -0.25) is 14.4 Å². The van der Waals surface area contributed by atoms with Crippen LogP contribution in [0.1, 0.15) is 26.3 Å². The molecule has 1 heterocycles. The van der Waals surface area contributed by atoms with Gasteiger partial charge in [0, 0.05) is 26.8 Å². The minimum atomic E-state index is -1.05. The second kappa shape index (κ2) is 13.4. The number of hydrogen-bond donors (Lipinski definition) is 0. The van der Waals surface area contributed by atoms with Crippen molar-refractivity contribution in [2.45, 2.75) is 45.9 Å². The number of ether oxygens (including phenoxy) is 6. The molecule has 1 aromatic carbocycles. The van der Waals surface area contributed by atoms with E-state index in [1.807, 2.05) is 30.3 Å². The zero-order valence-corrected chi connectivity index (χ0v) is 18.4. The lowest BCUT2D eigenvalue weighted by Crippen LogP contribution is -2.44. The molecule has 0 amide bonds. The first-order chi connectivity index (χ1) is 15.3. The average molecular weight is 448 g/mol. The predicted octanol–water partition coefficient (Wildman–Crippen LogP) is 2.44. The summed E-state index contributed by atoms with van der Waals surface area (Å²) in [5.74, 6) is -1.61. The molecule has 1 aromatic rings. The van der Waals surface area contributed by atoms with Gasteiger partial charge in [-0.2, -0.15) is 0 Å². The van der Waals surface area contributed by atoms with Gasteiger partial charge in [-0.1, -0.05) is 42.5 Å². The van der Waals surface area contributed by atoms with Crippen LogP contribution >= 0.6 is 0 Å². The maximum Gasteiger partial charge on any atom is 0.307 e. The highest BCUT2D eigenvalue weighted by atomic mass is 16.7. The molecule has 1 aliphatic rings. The Balaban J connectivity index is 1.92. The van der Waals surface area contributed by atoms with E-state index in [9.17, 15) is 14.4 Å². The molecule has 0 aromatic heterocycles. The van der Waals surface area contributed by atoms with Crippen LogP contribution in [0.15, 0.2) is 54.3 Å². The number of esters is 3. The number of benzene rings is 1. The van der Waals surface area contributed by atoms with Crippen molar-refractivity contribution >= 4 is 17.9 Å². The molecule has 174 valence electrons. The van der Waals surface area contributed by atoms with Gasteiger partial charge in [-0.05, 0) is 5.56 Å². The van der Waals surface area contributed by atoms with Crippen molar-refractivity contribution in [2.24, 2.45) is 0 Å². The molecule has 32 heavy (non-hydrogen) atoms. The Morgan fingerprint density at radius 3 is 2.34 bits per heavy atom. The van der Waals surface area contributed by atoms with Crippen molar-refractivity contribution in [3.63, 3.8) is 0 Å². The van der Waals surface area contributed by atoms with Crippen molar-refractivity contribution in [3.8, 4) is 0 Å². The maximum absolute atomic E-state index is 11.5. The van der Waals surface area contributed by atoms with Crippen LogP contribution in [0.3, 0.4) is 0 Å². The topological polar surface area (TPSA) is 107 Å². The minimum absolute atomic E-state index is 0.0524. The summed E-state index contributed by atoms with van der Waals surface area (Å²) in [5, 5.41) is 0. The molecule has 0 aliphatic carbocycles. The van der Waals surface area contributed by atoms with Crippen LogP contribution in [-0.2, 0) is 49.4 Å². The lowest BCUT2D eigenvalue weighted by Gasteiger charge is -2.33. The van der Waals surface area contributed by atoms with E-state index in [0.717, 1.165) is 5.56 Å². The Morgan fingerprint density at radius 2 is 1.69 bits per heavy atom. The van der Waals surface area contributed by atoms with Crippen LogP contribution in [0.5, 0.6) is 0 Å². The maximum atomic E-state index is 11.5. The molecule has 0 radical (unpaired) electrons. The third-order valence-corrected chi connectivity index (χ3v) is 4.08. The molecule has 0 N–H and O–H groups in total. The van der Waals surface area contributed by atoms with E-state index in [4.69, 9.17) is 28.4 Å². The van der Waals surface area contributed by atoms with Crippen LogP contribution in [0.25, 0.3) is 0 Å². The standard InChI is InChI=1S/C23H28O9/c1-16(24)29-15-22-20(30-17(2)25)13-21(31-18(3)26)23(32-22)28-12-8-7-11-27-14-19-9-5-4-6-10-19/h4-10,13,20,22-23H,11-12,14-15H2,1-3H3/b8-7-/t20-,22+,23-/m0/s1. The van der Waals surface area contributed by atoms with E-state index in [2.05, 4.69) is 0 Å². The van der Waals surface area contributed by atoms with Crippen LogP contribution in [-0.4, -0.2) is 56.2 Å². The monoisotopic (exact) mass is 448 g/mol. The zero-order valence-electron chi connectivity index (χ0n) is 18.4. The van der Waals surface area contributed by atoms with Crippen molar-refractivity contribution in [2.75, 3.05) is 19.8 Å². The summed E-state index contributed by atoms with van der Waals surface area (Å²) in [6.45, 7) is 4.56. The lowest BCUT2D eigenvalue weighted by atomic mass is 10.1. The molecular formula is C23H28O9. The fourth-order valence-electron chi connectivity index (χ4n) is 2.75. The van der Waals surface area contributed by atoms with Gasteiger partial charge in [0.1, 0.15) is 12.7 Å². The van der Waals surface area contributed by atoms with Crippen molar-refractivity contribution in [1.82, 2.24) is 0 Å². The number of carbonyl (C=O) groups excluding carboxylic acids is 3. The molecule has 0 unspecified atom stereocenters. The number of hydrogen-bond acceptors (Lipinski definition) is 9. The van der Waals surface area contributed by atoms with Crippen molar-refractivity contribution in [1.29, 1.82) is 0 Å². The summed E-state index contributed by atoms with van der Waals surface area (Å²) in [6, 6.07) is 9.79. The van der Waals surface area contributed by atoms with E-state index >= 15 is 0 Å². The van der Waals surface area contributed by atoms with Gasteiger partial charge in [0.15, 0.2) is 11.9 Å². The van der Waals surface area contributed by atoms with Crippen LogP contribution in [0.2, 0.25) is 0 Å². The number of rotatable bonds is 11. The highest BCUT2D eigenvalue weighted by molar-refractivity contribution is 5.68. The molecule has 0 bridgehead atoms. The highest BCUT2D eigenvalue weighted by Crippen LogP contribution is 2.25. The lowest BCUT2D eigenvalue weighted by molar-refractivity contribution is -0.211. The molecular weight excluding hydrogens is 420 g/mol. The van der Waals surface area contributed by atoms with E-state index in [1.165, 1.54) is 26.8 Å². The smallest absolute Gasteiger partial charge is 0.307 e. The van der Waals surface area contributed by atoms with Gasteiger partial charge in [-0.25, -0.2) is 0 Å². The van der Waals surface area contributed by atoms with Crippen LogP contribution < -0.4 is 0 Å². The summed E-state index contributed by atoms with van der Waals surface area (Å²) in [7, 11) is 0. The molecule has 3 atom stereocenters. The highest BCUT2D eigenvalue weighted by Gasteiger charge is 2.37. The third kappa shape index (κ3) is 9.42. The van der Waals surface area contributed by atoms with E-state index in [0.29, 0.717) is 13.2 Å². The van der Waals surface area contributed by atoms with Gasteiger partial charge in [0.05, 0.1) is 19.8 Å². The summed E-state index contributed by atoms with van der Waals surface area (Å²) in [4.78, 5) is 34.1. The summed E-state index contributed by atoms with van der Waals surface area (Å²) < 4.78 is 32.3. The van der Waals surface area contributed by atoms with Gasteiger partial charge in [0.25, 0.3) is 0 Å². The second-order valence-electron chi connectivity index (χ2n) is 6.85. The molecule has 9 heteroatoms. The molecule has 0 saturated carbocycles. The molecule has 0 fully saturated rings. The summed E-state index contributed by atoms with van der Waals surface area (Å²) in [5.41, 5.74) is 1.07. The fraction of sp³-hybridized carbons (Fsp3) is 0.435. The van der Waals surface area contributed by atoms with Crippen LogP contribution in [0, 0.1) is 0 Å². The van der Waals surface area contributed by atoms with Gasteiger partial charge >= 0.3 is 17.9 Å². The zero-order chi connectivity index (χ0) is 23.3. The predicted molar refractivity (Wildman–Crippen MR) is 112 cm³/mol. The summed E-state index contributed by atoms with van der Waals surface area (Å²) >= 11 is 0. The normalized spacial score (nSPS) is 20.5. The van der Waals surface area contributed by atoms with Crippen LogP contribution in [0.4, 0.5) is 0 Å². The molecule has 0 saturated heterocycles. The molecule has 1 aliphatic heterocycles. The average Bonchev–Trinajstić information content (AvgIpc) is 2.73. The second-order valence-corrected chi connectivity index (χ2v) is 6.85. The van der Waals surface area contributed by atoms with E-state index in [1.54, 1.807) is 12.2 Å².